The fourth-order valence-corrected chi connectivity index (χ4v) is 7.33. The van der Waals surface area contributed by atoms with Crippen LogP contribution in [0.25, 0.3) is 95.0 Å². The highest BCUT2D eigenvalue weighted by molar-refractivity contribution is 6.09. The second kappa shape index (κ2) is 13.8. The van der Waals surface area contributed by atoms with Gasteiger partial charge in [-0.3, -0.25) is 0 Å². The molecule has 0 aliphatic carbocycles. The lowest BCUT2D eigenvalue weighted by Crippen LogP contribution is -2.04. The van der Waals surface area contributed by atoms with Crippen molar-refractivity contribution in [1.29, 1.82) is 0 Å². The summed E-state index contributed by atoms with van der Waals surface area (Å²) in [6, 6.07) is 56.9. The van der Waals surface area contributed by atoms with E-state index in [9.17, 15) is 0 Å². The Balaban J connectivity index is 1.22. The summed E-state index contributed by atoms with van der Waals surface area (Å²) in [5, 5.41) is 2.09. The highest BCUT2D eigenvalue weighted by atomic mass is 15.1. The molecule has 4 heteroatoms. The Morgan fingerprint density at radius 2 is 0.818 bits per heavy atom. The van der Waals surface area contributed by atoms with Crippen LogP contribution in [0, 0.1) is 0 Å². The molecule has 55 heavy (non-hydrogen) atoms. The summed E-state index contributed by atoms with van der Waals surface area (Å²) in [4.78, 5) is 15.4. The van der Waals surface area contributed by atoms with Crippen LogP contribution in [0.4, 0.5) is 0 Å². The normalized spacial score (nSPS) is 12.5. The molecule has 0 bridgehead atoms. The smallest absolute Gasteiger partial charge is 0.166 e. The number of rotatable bonds is 7. The molecule has 0 atom stereocenters. The van der Waals surface area contributed by atoms with Crippen LogP contribution in [0.5, 0.6) is 0 Å². The van der Waals surface area contributed by atoms with Gasteiger partial charge in [-0.1, -0.05) is 170 Å². The number of hydrogen-bond acceptors (Lipinski definition) is 3. The van der Waals surface area contributed by atoms with Gasteiger partial charge in [0.15, 0.2) is 17.5 Å². The van der Waals surface area contributed by atoms with E-state index in [-0.39, 0.29) is 17.6 Å². The van der Waals surface area contributed by atoms with Crippen molar-refractivity contribution < 1.29 is 6.85 Å². The zero-order valence-corrected chi connectivity index (χ0v) is 29.5. The molecule has 4 nitrogen and oxygen atoms in total. The first-order chi connectivity index (χ1) is 29.3. The fourth-order valence-electron chi connectivity index (χ4n) is 7.33. The molecule has 0 aliphatic heterocycles. The fraction of sp³-hybridized carbons (Fsp3) is 0. The lowest BCUT2D eigenvalue weighted by Gasteiger charge is -2.16. The molecule has 10 aromatic rings. The lowest BCUT2D eigenvalue weighted by atomic mass is 9.98. The molecular formula is C51H34N4. The van der Waals surface area contributed by atoms with E-state index in [1.807, 2.05) is 97.1 Å². The van der Waals surface area contributed by atoms with Gasteiger partial charge in [0.2, 0.25) is 0 Å². The van der Waals surface area contributed by atoms with E-state index in [0.29, 0.717) is 34.3 Å². The van der Waals surface area contributed by atoms with Crippen molar-refractivity contribution in [3.05, 3.63) is 206 Å². The van der Waals surface area contributed by atoms with E-state index >= 15 is 0 Å². The van der Waals surface area contributed by atoms with Crippen LogP contribution in [0.15, 0.2) is 206 Å². The summed E-state index contributed by atoms with van der Waals surface area (Å²) >= 11 is 0. The van der Waals surface area contributed by atoms with Gasteiger partial charge in [0.1, 0.15) is 0 Å². The number of hydrogen-bond donors (Lipinski definition) is 0. The molecule has 0 fully saturated rings. The maximum atomic E-state index is 8.87. The summed E-state index contributed by atoms with van der Waals surface area (Å²) < 4.78 is 45.0. The Bertz CT molecular complexity index is 3190. The first kappa shape index (κ1) is 27.2. The SMILES string of the molecule is [2H]c1c([2H])c([2H])c(-c2ccc(-c3nc(-c4ccccc4)nc(-c4cccc(-c5cccc(-c6ccccc6)c5)c4)n3)c(-n3c4ccccc4c4ccccc43)c2)c([2H])c1[2H]. The molecule has 0 saturated carbocycles. The van der Waals surface area contributed by atoms with Crippen molar-refractivity contribution in [2.75, 3.05) is 0 Å². The van der Waals surface area contributed by atoms with E-state index in [1.165, 1.54) is 0 Å². The monoisotopic (exact) mass is 707 g/mol. The van der Waals surface area contributed by atoms with Crippen molar-refractivity contribution in [3.63, 3.8) is 0 Å². The summed E-state index contributed by atoms with van der Waals surface area (Å²) in [5.41, 5.74) is 9.77. The predicted molar refractivity (Wildman–Crippen MR) is 227 cm³/mol. The van der Waals surface area contributed by atoms with Crippen molar-refractivity contribution in [3.8, 4) is 73.2 Å². The van der Waals surface area contributed by atoms with E-state index < -0.39 is 18.1 Å². The Morgan fingerprint density at radius 3 is 1.47 bits per heavy atom. The first-order valence-electron chi connectivity index (χ1n) is 20.6. The van der Waals surface area contributed by atoms with Gasteiger partial charge in [-0.25, -0.2) is 15.0 Å². The molecular weight excluding hydrogens is 669 g/mol. The molecule has 2 heterocycles. The third-order valence-electron chi connectivity index (χ3n) is 9.94. The largest absolute Gasteiger partial charge is 0.308 e. The Labute approximate surface area is 326 Å². The molecule has 0 aliphatic rings. The van der Waals surface area contributed by atoms with Gasteiger partial charge in [0.05, 0.1) is 23.6 Å². The van der Waals surface area contributed by atoms with Crippen LogP contribution in [-0.4, -0.2) is 19.5 Å². The average molecular weight is 708 g/mol. The molecule has 0 saturated heterocycles. The van der Waals surface area contributed by atoms with Gasteiger partial charge >= 0.3 is 0 Å². The molecule has 258 valence electrons. The molecule has 0 spiro atoms. The summed E-state index contributed by atoms with van der Waals surface area (Å²) in [5.74, 6) is 1.40. The van der Waals surface area contributed by atoms with Crippen molar-refractivity contribution in [1.82, 2.24) is 19.5 Å². The van der Waals surface area contributed by atoms with Gasteiger partial charge in [-0.15, -0.1) is 0 Å². The predicted octanol–water partition coefficient (Wildman–Crippen LogP) is 13.0. The van der Waals surface area contributed by atoms with Crippen LogP contribution >= 0.6 is 0 Å². The number of aromatic nitrogens is 4. The van der Waals surface area contributed by atoms with Crippen molar-refractivity contribution >= 4 is 21.8 Å². The molecule has 10 rings (SSSR count). The maximum Gasteiger partial charge on any atom is 0.166 e. The van der Waals surface area contributed by atoms with E-state index in [4.69, 9.17) is 21.8 Å². The van der Waals surface area contributed by atoms with Gasteiger partial charge in [-0.05, 0) is 69.8 Å². The molecule has 0 unspecified atom stereocenters. The van der Waals surface area contributed by atoms with E-state index in [2.05, 4.69) is 77.4 Å². The molecule has 0 radical (unpaired) electrons. The third kappa shape index (κ3) is 6.06. The van der Waals surface area contributed by atoms with Crippen LogP contribution in [0.1, 0.15) is 6.85 Å². The Hall–Kier alpha value is -7.43. The van der Waals surface area contributed by atoms with Crippen LogP contribution in [-0.2, 0) is 0 Å². The summed E-state index contributed by atoms with van der Waals surface area (Å²) in [6.45, 7) is 0. The summed E-state index contributed by atoms with van der Waals surface area (Å²) in [7, 11) is 0. The number of nitrogens with zero attached hydrogens (tertiary/aromatic N) is 4. The minimum atomic E-state index is -0.438. The standard InChI is InChI=1S/C51H34N4/c1-4-16-35(17-5-1)38-22-14-23-39(32-38)40-24-15-25-42(33-40)50-52-49(37-20-8-3-9-21-37)53-51(54-50)45-31-30-41(36-18-6-2-7-19-36)34-48(45)55-46-28-12-10-26-43(46)44-27-11-13-29-47(44)55/h1-34H/i2D,6D,7D,18D,19D. The van der Waals surface area contributed by atoms with E-state index in [0.717, 1.165) is 55.2 Å². The highest BCUT2D eigenvalue weighted by Crippen LogP contribution is 2.38. The van der Waals surface area contributed by atoms with Gasteiger partial charge in [-0.2, -0.15) is 0 Å². The third-order valence-corrected chi connectivity index (χ3v) is 9.94. The lowest BCUT2D eigenvalue weighted by molar-refractivity contribution is 1.06. The van der Waals surface area contributed by atoms with Crippen LogP contribution in [0.2, 0.25) is 0 Å². The van der Waals surface area contributed by atoms with Crippen molar-refractivity contribution in [2.24, 2.45) is 0 Å². The molecule has 0 N–H and O–H groups in total. The first-order valence-corrected chi connectivity index (χ1v) is 18.1. The Kier molecular flexibility index (Phi) is 6.85. The second-order valence-electron chi connectivity index (χ2n) is 13.3. The topological polar surface area (TPSA) is 43.6 Å². The minimum absolute atomic E-state index is 0.115. The maximum absolute atomic E-state index is 8.87. The molecule has 0 amide bonds. The zero-order valence-electron chi connectivity index (χ0n) is 34.5. The zero-order chi connectivity index (χ0) is 40.9. The quantitative estimate of drug-likeness (QED) is 0.166. The van der Waals surface area contributed by atoms with E-state index in [1.54, 1.807) is 6.07 Å². The van der Waals surface area contributed by atoms with Gasteiger partial charge in [0.25, 0.3) is 0 Å². The number of para-hydroxylation sites is 2. The average Bonchev–Trinajstić information content (AvgIpc) is 3.65. The number of fused-ring (bicyclic) bond motifs is 3. The summed E-state index contributed by atoms with van der Waals surface area (Å²) in [6.07, 6.45) is 0. The van der Waals surface area contributed by atoms with Crippen LogP contribution in [0.3, 0.4) is 0 Å². The molecule has 2 aromatic heterocycles. The second-order valence-corrected chi connectivity index (χ2v) is 13.3. The Morgan fingerprint density at radius 1 is 0.345 bits per heavy atom. The highest BCUT2D eigenvalue weighted by Gasteiger charge is 2.20. The van der Waals surface area contributed by atoms with Gasteiger partial charge < -0.3 is 4.57 Å². The number of benzene rings is 8. The van der Waals surface area contributed by atoms with Crippen molar-refractivity contribution in [2.45, 2.75) is 0 Å². The minimum Gasteiger partial charge on any atom is -0.308 e. The van der Waals surface area contributed by atoms with Gasteiger partial charge in [0, 0.05) is 27.5 Å². The van der Waals surface area contributed by atoms with Crippen LogP contribution < -0.4 is 0 Å². The molecule has 8 aromatic carbocycles.